The summed E-state index contributed by atoms with van der Waals surface area (Å²) in [4.78, 5) is 16.0. The number of thiazole rings is 1. The largest absolute Gasteiger partial charge is 0.396 e. The van der Waals surface area contributed by atoms with Crippen molar-refractivity contribution >= 4 is 17.2 Å². The van der Waals surface area contributed by atoms with E-state index in [0.29, 0.717) is 5.69 Å². The lowest BCUT2D eigenvalue weighted by Crippen LogP contribution is -2.38. The van der Waals surface area contributed by atoms with Crippen LogP contribution >= 0.6 is 11.3 Å². The molecule has 1 heterocycles. The molecule has 0 radical (unpaired) electrons. The van der Waals surface area contributed by atoms with Crippen molar-refractivity contribution in [1.82, 2.24) is 10.3 Å². The van der Waals surface area contributed by atoms with Gasteiger partial charge in [0.2, 0.25) is 0 Å². The quantitative estimate of drug-likeness (QED) is 0.731. The Hall–Kier alpha value is -0.980. The van der Waals surface area contributed by atoms with E-state index in [4.69, 9.17) is 10.8 Å². The fourth-order valence-corrected chi connectivity index (χ4v) is 1.94. The maximum absolute atomic E-state index is 11.8. The van der Waals surface area contributed by atoms with Crippen LogP contribution in [0.25, 0.3) is 0 Å². The van der Waals surface area contributed by atoms with Gasteiger partial charge < -0.3 is 16.2 Å². The molecule has 1 rings (SSSR count). The zero-order valence-electron chi connectivity index (χ0n) is 10.3. The Balaban J connectivity index is 2.63. The molecular formula is C11H19N3O2S. The van der Waals surface area contributed by atoms with Gasteiger partial charge in [-0.2, -0.15) is 0 Å². The highest BCUT2D eigenvalue weighted by atomic mass is 32.1. The monoisotopic (exact) mass is 257 g/mol. The van der Waals surface area contributed by atoms with Gasteiger partial charge in [-0.05, 0) is 19.8 Å². The molecule has 3 atom stereocenters. The minimum absolute atomic E-state index is 0.0190. The number of aromatic nitrogens is 1. The summed E-state index contributed by atoms with van der Waals surface area (Å²) in [6.45, 7) is 5.61. The Bertz CT molecular complexity index is 379. The maximum Gasteiger partial charge on any atom is 0.270 e. The van der Waals surface area contributed by atoms with Gasteiger partial charge in [0.25, 0.3) is 5.91 Å². The number of nitrogens with one attached hydrogen (secondary N) is 1. The predicted molar refractivity (Wildman–Crippen MR) is 67.9 cm³/mol. The summed E-state index contributed by atoms with van der Waals surface area (Å²) >= 11 is 1.38. The lowest BCUT2D eigenvalue weighted by atomic mass is 10.1. The smallest absolute Gasteiger partial charge is 0.270 e. The van der Waals surface area contributed by atoms with Gasteiger partial charge in [-0.15, -0.1) is 11.3 Å². The highest BCUT2D eigenvalue weighted by Gasteiger charge is 2.17. The third-order valence-corrected chi connectivity index (χ3v) is 3.69. The number of carbonyl (C=O) groups excluding carboxylic acids is 1. The fourth-order valence-electron chi connectivity index (χ4n) is 1.18. The Morgan fingerprint density at radius 1 is 1.59 bits per heavy atom. The summed E-state index contributed by atoms with van der Waals surface area (Å²) < 4.78 is 0. The van der Waals surface area contributed by atoms with Crippen LogP contribution in [0.4, 0.5) is 0 Å². The van der Waals surface area contributed by atoms with E-state index in [1.165, 1.54) is 11.3 Å². The maximum atomic E-state index is 11.8. The minimum Gasteiger partial charge on any atom is -0.396 e. The molecule has 1 aromatic rings. The molecule has 0 aromatic carbocycles. The second kappa shape index (κ2) is 6.09. The van der Waals surface area contributed by atoms with Gasteiger partial charge in [0.15, 0.2) is 0 Å². The van der Waals surface area contributed by atoms with Gasteiger partial charge in [-0.25, -0.2) is 4.98 Å². The first-order valence-electron chi connectivity index (χ1n) is 5.58. The van der Waals surface area contributed by atoms with E-state index in [-0.39, 0.29) is 30.5 Å². The number of rotatable bonds is 5. The van der Waals surface area contributed by atoms with Crippen molar-refractivity contribution in [3.63, 3.8) is 0 Å². The van der Waals surface area contributed by atoms with E-state index >= 15 is 0 Å². The van der Waals surface area contributed by atoms with Crippen LogP contribution in [0, 0.1) is 5.92 Å². The van der Waals surface area contributed by atoms with Crippen LogP contribution in [0.1, 0.15) is 42.3 Å². The fraction of sp³-hybridized carbons (Fsp3) is 0.636. The summed E-state index contributed by atoms with van der Waals surface area (Å²) in [5.41, 5.74) is 6.07. The molecule has 6 heteroatoms. The number of nitrogens with two attached hydrogens (primary N) is 1. The third-order valence-electron chi connectivity index (χ3n) is 2.64. The number of hydrogen-bond acceptors (Lipinski definition) is 5. The zero-order chi connectivity index (χ0) is 13.0. The number of nitrogens with zero attached hydrogens (tertiary/aromatic N) is 1. The lowest BCUT2D eigenvalue weighted by molar-refractivity contribution is 0.0911. The van der Waals surface area contributed by atoms with Crippen LogP contribution in [0.3, 0.4) is 0 Å². The summed E-state index contributed by atoms with van der Waals surface area (Å²) in [6.07, 6.45) is 0. The first kappa shape index (κ1) is 14.1. The van der Waals surface area contributed by atoms with E-state index in [2.05, 4.69) is 10.3 Å². The topological polar surface area (TPSA) is 88.2 Å². The molecule has 3 unspecified atom stereocenters. The number of aliphatic hydroxyl groups excluding tert-OH is 1. The molecular weight excluding hydrogens is 238 g/mol. The normalized spacial score (nSPS) is 16.3. The Kier molecular flexibility index (Phi) is 5.04. The second-order valence-electron chi connectivity index (χ2n) is 4.28. The van der Waals surface area contributed by atoms with Crippen molar-refractivity contribution in [2.75, 3.05) is 6.61 Å². The van der Waals surface area contributed by atoms with Crippen molar-refractivity contribution in [3.05, 3.63) is 16.1 Å². The molecule has 4 N–H and O–H groups in total. The van der Waals surface area contributed by atoms with E-state index in [1.807, 2.05) is 20.8 Å². The summed E-state index contributed by atoms with van der Waals surface area (Å²) in [5.74, 6) is -0.202. The van der Waals surface area contributed by atoms with Crippen molar-refractivity contribution < 1.29 is 9.90 Å². The molecule has 0 bridgehead atoms. The van der Waals surface area contributed by atoms with E-state index < -0.39 is 0 Å². The standard InChI is InChI=1S/C11H19N3O2S/c1-6(4-15)8(3)13-10(16)9-5-17-11(14-9)7(2)12/h5-8,15H,4,12H2,1-3H3,(H,13,16). The molecule has 5 nitrogen and oxygen atoms in total. The van der Waals surface area contributed by atoms with Gasteiger partial charge in [-0.1, -0.05) is 6.92 Å². The molecule has 0 spiro atoms. The van der Waals surface area contributed by atoms with E-state index in [1.54, 1.807) is 5.38 Å². The van der Waals surface area contributed by atoms with E-state index in [9.17, 15) is 4.79 Å². The highest BCUT2D eigenvalue weighted by molar-refractivity contribution is 7.09. The second-order valence-corrected chi connectivity index (χ2v) is 5.17. The molecule has 0 saturated heterocycles. The Labute approximate surface area is 105 Å². The van der Waals surface area contributed by atoms with Crippen LogP contribution < -0.4 is 11.1 Å². The number of hydrogen-bond donors (Lipinski definition) is 3. The van der Waals surface area contributed by atoms with Crippen molar-refractivity contribution in [2.24, 2.45) is 11.7 Å². The highest BCUT2D eigenvalue weighted by Crippen LogP contribution is 2.16. The molecule has 96 valence electrons. The molecule has 0 fully saturated rings. The van der Waals surface area contributed by atoms with Gasteiger partial charge >= 0.3 is 0 Å². The average Bonchev–Trinajstić information content (AvgIpc) is 2.77. The molecule has 0 aliphatic rings. The molecule has 17 heavy (non-hydrogen) atoms. The summed E-state index contributed by atoms with van der Waals surface area (Å²) in [7, 11) is 0. The average molecular weight is 257 g/mol. The third kappa shape index (κ3) is 3.76. The molecule has 1 amide bonds. The zero-order valence-corrected chi connectivity index (χ0v) is 11.1. The van der Waals surface area contributed by atoms with Gasteiger partial charge in [-0.3, -0.25) is 4.79 Å². The van der Waals surface area contributed by atoms with Crippen LogP contribution in [0.5, 0.6) is 0 Å². The van der Waals surface area contributed by atoms with Crippen LogP contribution in [0.15, 0.2) is 5.38 Å². The summed E-state index contributed by atoms with van der Waals surface area (Å²) in [6, 6.07) is -0.247. The lowest BCUT2D eigenvalue weighted by Gasteiger charge is -2.18. The first-order valence-corrected chi connectivity index (χ1v) is 6.46. The Morgan fingerprint density at radius 3 is 2.71 bits per heavy atom. The van der Waals surface area contributed by atoms with Crippen LogP contribution in [-0.4, -0.2) is 28.6 Å². The Morgan fingerprint density at radius 2 is 2.24 bits per heavy atom. The molecule has 0 aliphatic carbocycles. The molecule has 1 aromatic heterocycles. The minimum atomic E-state index is -0.221. The van der Waals surface area contributed by atoms with Crippen molar-refractivity contribution in [2.45, 2.75) is 32.9 Å². The SMILES string of the molecule is CC(N)c1nc(C(=O)NC(C)C(C)CO)cs1. The first-order chi connectivity index (χ1) is 7.95. The van der Waals surface area contributed by atoms with Gasteiger partial charge in [0, 0.05) is 18.0 Å². The molecule has 0 saturated carbocycles. The number of carbonyl (C=O) groups is 1. The van der Waals surface area contributed by atoms with Gasteiger partial charge in [0.05, 0.1) is 6.04 Å². The predicted octanol–water partition coefficient (Wildman–Crippen LogP) is 0.909. The summed E-state index contributed by atoms with van der Waals surface area (Å²) in [5, 5.41) is 14.2. The number of amides is 1. The van der Waals surface area contributed by atoms with Crippen molar-refractivity contribution in [3.8, 4) is 0 Å². The van der Waals surface area contributed by atoms with Gasteiger partial charge in [0.1, 0.15) is 10.7 Å². The van der Waals surface area contributed by atoms with Crippen LogP contribution in [0.2, 0.25) is 0 Å². The van der Waals surface area contributed by atoms with Crippen molar-refractivity contribution in [1.29, 1.82) is 0 Å². The van der Waals surface area contributed by atoms with E-state index in [0.717, 1.165) is 5.01 Å². The molecule has 0 aliphatic heterocycles. The number of aliphatic hydroxyl groups is 1. The van der Waals surface area contributed by atoms with Crippen LogP contribution in [-0.2, 0) is 0 Å².